The first-order valence-electron chi connectivity index (χ1n) is 12.2. The molecule has 8 atom stereocenters. The maximum absolute atomic E-state index is 12.1. The number of rotatable bonds is 5. The number of aliphatic hydroxyl groups is 1. The van der Waals surface area contributed by atoms with E-state index in [-0.39, 0.29) is 11.9 Å². The summed E-state index contributed by atoms with van der Waals surface area (Å²) in [5.74, 6) is 4.11. The van der Waals surface area contributed by atoms with E-state index in [1.165, 1.54) is 38.5 Å². The molecule has 0 aromatic heterocycles. The highest BCUT2D eigenvalue weighted by Crippen LogP contribution is 2.67. The van der Waals surface area contributed by atoms with E-state index < -0.39 is 0 Å². The van der Waals surface area contributed by atoms with E-state index in [1.54, 1.807) is 5.57 Å². The van der Waals surface area contributed by atoms with E-state index in [0.717, 1.165) is 42.9 Å². The molecule has 0 radical (unpaired) electrons. The molecule has 0 aromatic carbocycles. The topological polar surface area (TPSA) is 37.3 Å². The smallest absolute Gasteiger partial charge is 0.157 e. The highest BCUT2D eigenvalue weighted by Gasteiger charge is 2.59. The summed E-state index contributed by atoms with van der Waals surface area (Å²) in [4.78, 5) is 12.1. The summed E-state index contributed by atoms with van der Waals surface area (Å²) in [6.07, 6.45) is 13.9. The lowest BCUT2D eigenvalue weighted by molar-refractivity contribution is -0.116. The summed E-state index contributed by atoms with van der Waals surface area (Å²) in [5.41, 5.74) is 3.07. The Morgan fingerprint density at radius 2 is 1.97 bits per heavy atom. The van der Waals surface area contributed by atoms with Crippen LogP contribution in [0.5, 0.6) is 0 Å². The number of hydrogen-bond acceptors (Lipinski definition) is 2. The van der Waals surface area contributed by atoms with Gasteiger partial charge in [-0.1, -0.05) is 39.0 Å². The van der Waals surface area contributed by atoms with E-state index in [9.17, 15) is 9.90 Å². The Bertz CT molecular complexity index is 705. The molecule has 1 N–H and O–H groups in total. The molecule has 2 nitrogen and oxygen atoms in total. The number of ketones is 1. The Morgan fingerprint density at radius 3 is 2.69 bits per heavy atom. The van der Waals surface area contributed by atoms with Crippen molar-refractivity contribution in [3.05, 3.63) is 23.8 Å². The first-order valence-corrected chi connectivity index (χ1v) is 12.2. The SMILES string of the molecule is C=C(C)C(=O)CC[C@@H](C)[C@H]1CC[C@H]2[C@@H]3CC=C4C[C@@H](O)CC[C@]4(C)[C@H]3CC[C@]12C. The van der Waals surface area contributed by atoms with Crippen molar-refractivity contribution in [2.24, 2.45) is 40.4 Å². The number of Topliss-reactive ketones (excluding diaryl/α,β-unsaturated/α-hetero) is 1. The van der Waals surface area contributed by atoms with Gasteiger partial charge in [0.1, 0.15) is 0 Å². The summed E-state index contributed by atoms with van der Waals surface area (Å²) >= 11 is 0. The molecule has 0 spiro atoms. The normalized spacial score (nSPS) is 44.9. The summed E-state index contributed by atoms with van der Waals surface area (Å²) in [6.45, 7) is 13.2. The van der Waals surface area contributed by atoms with Gasteiger partial charge in [-0.25, -0.2) is 0 Å². The van der Waals surface area contributed by atoms with Crippen LogP contribution in [0.15, 0.2) is 23.8 Å². The van der Waals surface area contributed by atoms with Gasteiger partial charge in [-0.2, -0.15) is 0 Å². The molecular weight excluding hydrogens is 356 g/mol. The minimum atomic E-state index is -0.113. The zero-order valence-electron chi connectivity index (χ0n) is 19.2. The first-order chi connectivity index (χ1) is 13.7. The second-order valence-electron chi connectivity index (χ2n) is 11.6. The van der Waals surface area contributed by atoms with E-state index in [0.29, 0.717) is 28.7 Å². The van der Waals surface area contributed by atoms with Crippen LogP contribution in [0.25, 0.3) is 0 Å². The van der Waals surface area contributed by atoms with E-state index in [4.69, 9.17) is 0 Å². The fourth-order valence-electron chi connectivity index (χ4n) is 8.39. The maximum atomic E-state index is 12.1. The van der Waals surface area contributed by atoms with Gasteiger partial charge < -0.3 is 5.11 Å². The number of allylic oxidation sites excluding steroid dienone is 2. The highest BCUT2D eigenvalue weighted by atomic mass is 16.3. The zero-order chi connectivity index (χ0) is 21.0. The number of carbonyl (C=O) groups excluding carboxylic acids is 1. The van der Waals surface area contributed by atoms with Crippen molar-refractivity contribution >= 4 is 5.78 Å². The summed E-state index contributed by atoms with van der Waals surface area (Å²) in [5, 5.41) is 10.2. The predicted molar refractivity (Wildman–Crippen MR) is 119 cm³/mol. The largest absolute Gasteiger partial charge is 0.393 e. The third kappa shape index (κ3) is 3.48. The standard InChI is InChI=1S/C27H42O2/c1-17(2)25(29)11-6-18(3)22-9-10-23-21-8-7-19-16-20(28)12-14-26(19,4)24(21)13-15-27(22,23)5/h7,18,20-24,28H,1,6,8-16H2,2-5H3/t18-,20+,21+,22-,23+,24+,26+,27-/m1/s1. The summed E-state index contributed by atoms with van der Waals surface area (Å²) < 4.78 is 0. The molecule has 0 aliphatic heterocycles. The van der Waals surface area contributed by atoms with Gasteiger partial charge in [-0.3, -0.25) is 4.79 Å². The summed E-state index contributed by atoms with van der Waals surface area (Å²) in [7, 11) is 0. The average molecular weight is 399 g/mol. The predicted octanol–water partition coefficient (Wildman–Crippen LogP) is 6.49. The Morgan fingerprint density at radius 1 is 1.21 bits per heavy atom. The second kappa shape index (κ2) is 7.66. The number of hydrogen-bond donors (Lipinski definition) is 1. The van der Waals surface area contributed by atoms with E-state index >= 15 is 0 Å². The van der Waals surface area contributed by atoms with Crippen LogP contribution in [-0.2, 0) is 4.79 Å². The molecule has 4 aliphatic rings. The molecular formula is C27H42O2. The van der Waals surface area contributed by atoms with Gasteiger partial charge in [-0.15, -0.1) is 0 Å². The molecule has 0 unspecified atom stereocenters. The van der Waals surface area contributed by atoms with Crippen molar-refractivity contribution < 1.29 is 9.90 Å². The van der Waals surface area contributed by atoms with Crippen molar-refractivity contribution in [2.45, 2.75) is 98.0 Å². The van der Waals surface area contributed by atoms with Gasteiger partial charge in [-0.05, 0) is 111 Å². The number of carbonyl (C=O) groups is 1. The van der Waals surface area contributed by atoms with Crippen molar-refractivity contribution in [3.8, 4) is 0 Å². The molecule has 0 saturated heterocycles. The van der Waals surface area contributed by atoms with Crippen LogP contribution in [0.1, 0.15) is 91.9 Å². The Balaban J connectivity index is 1.50. The molecule has 29 heavy (non-hydrogen) atoms. The average Bonchev–Trinajstić information content (AvgIpc) is 3.03. The minimum Gasteiger partial charge on any atom is -0.393 e. The second-order valence-corrected chi connectivity index (χ2v) is 11.6. The Kier molecular flexibility index (Phi) is 5.64. The van der Waals surface area contributed by atoms with Crippen LogP contribution in [0, 0.1) is 40.4 Å². The lowest BCUT2D eigenvalue weighted by atomic mass is 9.47. The van der Waals surface area contributed by atoms with Crippen molar-refractivity contribution in [3.63, 3.8) is 0 Å². The van der Waals surface area contributed by atoms with Gasteiger partial charge in [0.2, 0.25) is 0 Å². The molecule has 3 saturated carbocycles. The van der Waals surface area contributed by atoms with E-state index in [2.05, 4.69) is 33.4 Å². The Labute approximate surface area is 178 Å². The molecule has 3 fully saturated rings. The quantitative estimate of drug-likeness (QED) is 0.424. The molecule has 0 amide bonds. The van der Waals surface area contributed by atoms with Gasteiger partial charge >= 0.3 is 0 Å². The van der Waals surface area contributed by atoms with Gasteiger partial charge in [0.05, 0.1) is 6.10 Å². The fraction of sp³-hybridized carbons (Fsp3) is 0.815. The first kappa shape index (κ1) is 21.3. The Hall–Kier alpha value is -0.890. The third-order valence-electron chi connectivity index (χ3n) is 10.1. The van der Waals surface area contributed by atoms with Crippen LogP contribution in [0.3, 0.4) is 0 Å². The lowest BCUT2D eigenvalue weighted by Crippen LogP contribution is -2.50. The molecule has 4 aliphatic carbocycles. The molecule has 0 aromatic rings. The number of aliphatic hydroxyl groups excluding tert-OH is 1. The van der Waals surface area contributed by atoms with Crippen LogP contribution in [0.4, 0.5) is 0 Å². The molecule has 2 heteroatoms. The van der Waals surface area contributed by atoms with Crippen molar-refractivity contribution in [1.29, 1.82) is 0 Å². The van der Waals surface area contributed by atoms with Gasteiger partial charge in [0, 0.05) is 6.42 Å². The maximum Gasteiger partial charge on any atom is 0.157 e. The van der Waals surface area contributed by atoms with Crippen LogP contribution in [0.2, 0.25) is 0 Å². The molecule has 162 valence electrons. The van der Waals surface area contributed by atoms with Crippen LogP contribution in [-0.4, -0.2) is 17.0 Å². The van der Waals surface area contributed by atoms with Crippen molar-refractivity contribution in [1.82, 2.24) is 0 Å². The van der Waals surface area contributed by atoms with Crippen LogP contribution >= 0.6 is 0 Å². The molecule has 0 bridgehead atoms. The number of fused-ring (bicyclic) bond motifs is 5. The lowest BCUT2D eigenvalue weighted by Gasteiger charge is -2.58. The van der Waals surface area contributed by atoms with Crippen molar-refractivity contribution in [2.75, 3.05) is 0 Å². The summed E-state index contributed by atoms with van der Waals surface area (Å²) in [6, 6.07) is 0. The third-order valence-corrected chi connectivity index (χ3v) is 10.1. The molecule has 0 heterocycles. The minimum absolute atomic E-state index is 0.113. The monoisotopic (exact) mass is 398 g/mol. The highest BCUT2D eigenvalue weighted by molar-refractivity contribution is 5.94. The molecule has 4 rings (SSSR count). The van der Waals surface area contributed by atoms with Crippen LogP contribution < -0.4 is 0 Å². The van der Waals surface area contributed by atoms with Gasteiger partial charge in [0.25, 0.3) is 0 Å². The van der Waals surface area contributed by atoms with E-state index in [1.807, 2.05) is 6.92 Å². The van der Waals surface area contributed by atoms with Gasteiger partial charge in [0.15, 0.2) is 5.78 Å². The zero-order valence-corrected chi connectivity index (χ0v) is 19.2. The fourth-order valence-corrected chi connectivity index (χ4v) is 8.39.